The second-order valence-corrected chi connectivity index (χ2v) is 5.59. The van der Waals surface area contributed by atoms with Gasteiger partial charge in [-0.3, -0.25) is 4.90 Å². The summed E-state index contributed by atoms with van der Waals surface area (Å²) in [6.45, 7) is 5.58. The van der Waals surface area contributed by atoms with Gasteiger partial charge in [-0.25, -0.2) is 0 Å². The molecule has 0 spiro atoms. The van der Waals surface area contributed by atoms with E-state index in [2.05, 4.69) is 17.1 Å². The number of likely N-dealkylation sites (tertiary alicyclic amines) is 1. The first-order valence-corrected chi connectivity index (χ1v) is 6.82. The summed E-state index contributed by atoms with van der Waals surface area (Å²) in [6, 6.07) is 5.50. The van der Waals surface area contributed by atoms with E-state index in [0.717, 1.165) is 30.8 Å². The third kappa shape index (κ3) is 2.40. The van der Waals surface area contributed by atoms with Crippen LogP contribution < -0.4 is 5.32 Å². The molecule has 1 saturated carbocycles. The fourth-order valence-corrected chi connectivity index (χ4v) is 3.44. The van der Waals surface area contributed by atoms with Crippen molar-refractivity contribution >= 4 is 0 Å². The van der Waals surface area contributed by atoms with Gasteiger partial charge < -0.3 is 9.73 Å². The maximum atomic E-state index is 5.31. The molecule has 0 amide bonds. The van der Waals surface area contributed by atoms with Crippen molar-refractivity contribution in [3.05, 3.63) is 24.2 Å². The smallest absolute Gasteiger partial charge is 0.117 e. The molecule has 1 aromatic rings. The Hall–Kier alpha value is -0.800. The van der Waals surface area contributed by atoms with E-state index in [0.29, 0.717) is 6.04 Å². The minimum atomic E-state index is 0.653. The van der Waals surface area contributed by atoms with Crippen LogP contribution in [0.15, 0.2) is 22.8 Å². The Labute approximate surface area is 103 Å². The molecule has 1 aliphatic carbocycles. The molecular formula is C14H22N2O. The second-order valence-electron chi connectivity index (χ2n) is 5.59. The quantitative estimate of drug-likeness (QED) is 0.847. The van der Waals surface area contributed by atoms with Crippen molar-refractivity contribution in [2.75, 3.05) is 13.1 Å². The number of rotatable bonds is 5. The number of hydrogen-bond donors (Lipinski definition) is 1. The third-order valence-corrected chi connectivity index (χ3v) is 4.34. The summed E-state index contributed by atoms with van der Waals surface area (Å²) in [5.74, 6) is 2.02. The van der Waals surface area contributed by atoms with Crippen molar-refractivity contribution in [2.45, 2.75) is 44.8 Å². The maximum Gasteiger partial charge on any atom is 0.117 e. The summed E-state index contributed by atoms with van der Waals surface area (Å²) >= 11 is 0. The molecule has 3 rings (SSSR count). The molecule has 1 saturated heterocycles. The van der Waals surface area contributed by atoms with E-state index >= 15 is 0 Å². The van der Waals surface area contributed by atoms with E-state index in [-0.39, 0.29) is 0 Å². The minimum Gasteiger partial charge on any atom is -0.468 e. The molecule has 3 nitrogen and oxygen atoms in total. The van der Waals surface area contributed by atoms with Crippen molar-refractivity contribution in [1.82, 2.24) is 10.2 Å². The number of nitrogens with one attached hydrogen (secondary N) is 1. The Kier molecular flexibility index (Phi) is 3.21. The van der Waals surface area contributed by atoms with Crippen molar-refractivity contribution < 1.29 is 4.42 Å². The highest BCUT2D eigenvalue weighted by molar-refractivity contribution is 4.98. The van der Waals surface area contributed by atoms with Gasteiger partial charge in [0.2, 0.25) is 0 Å². The molecular weight excluding hydrogens is 212 g/mol. The molecule has 0 radical (unpaired) electrons. The summed E-state index contributed by atoms with van der Waals surface area (Å²) in [7, 11) is 0. The van der Waals surface area contributed by atoms with Crippen LogP contribution in [0.4, 0.5) is 0 Å². The first kappa shape index (κ1) is 11.3. The first-order chi connectivity index (χ1) is 8.33. The zero-order valence-corrected chi connectivity index (χ0v) is 10.6. The Balaban J connectivity index is 1.43. The van der Waals surface area contributed by atoms with Gasteiger partial charge in [-0.1, -0.05) is 0 Å². The third-order valence-electron chi connectivity index (χ3n) is 4.34. The Morgan fingerprint density at radius 2 is 2.47 bits per heavy atom. The Morgan fingerprint density at radius 1 is 1.53 bits per heavy atom. The highest BCUT2D eigenvalue weighted by Gasteiger charge is 2.39. The van der Waals surface area contributed by atoms with Gasteiger partial charge in [0.1, 0.15) is 5.76 Å². The number of nitrogens with zero attached hydrogens (tertiary/aromatic N) is 1. The van der Waals surface area contributed by atoms with Gasteiger partial charge >= 0.3 is 0 Å². The van der Waals surface area contributed by atoms with Crippen LogP contribution >= 0.6 is 0 Å². The maximum absolute atomic E-state index is 5.31. The van der Waals surface area contributed by atoms with Crippen molar-refractivity contribution in [3.63, 3.8) is 0 Å². The lowest BCUT2D eigenvalue weighted by atomic mass is 10.1. The van der Waals surface area contributed by atoms with Gasteiger partial charge in [0, 0.05) is 25.2 Å². The van der Waals surface area contributed by atoms with E-state index in [9.17, 15) is 0 Å². The topological polar surface area (TPSA) is 28.4 Å². The van der Waals surface area contributed by atoms with Crippen LogP contribution in [0.3, 0.4) is 0 Å². The highest BCUT2D eigenvalue weighted by Crippen LogP contribution is 2.38. The van der Waals surface area contributed by atoms with Crippen molar-refractivity contribution in [2.24, 2.45) is 5.92 Å². The number of hydrogen-bond acceptors (Lipinski definition) is 3. The molecule has 1 aromatic heterocycles. The molecule has 2 fully saturated rings. The largest absolute Gasteiger partial charge is 0.468 e. The van der Waals surface area contributed by atoms with Crippen molar-refractivity contribution in [3.8, 4) is 0 Å². The zero-order valence-electron chi connectivity index (χ0n) is 10.6. The van der Waals surface area contributed by atoms with Crippen LogP contribution in [0.25, 0.3) is 0 Å². The van der Waals surface area contributed by atoms with Crippen LogP contribution in [0.5, 0.6) is 0 Å². The molecule has 94 valence electrons. The Bertz CT molecular complexity index is 349. The van der Waals surface area contributed by atoms with Gasteiger partial charge in [-0.15, -0.1) is 0 Å². The average Bonchev–Trinajstić information content (AvgIpc) is 3.05. The van der Waals surface area contributed by atoms with E-state index in [1.54, 1.807) is 6.26 Å². The van der Waals surface area contributed by atoms with Crippen molar-refractivity contribution in [1.29, 1.82) is 0 Å². The summed E-state index contributed by atoms with van der Waals surface area (Å²) in [6.07, 6.45) is 6.07. The summed E-state index contributed by atoms with van der Waals surface area (Å²) < 4.78 is 5.31. The standard InChI is InChI=1S/C14H22N2O/c1-11(8-15-9-14-3-2-6-17-14)16-10-12-4-5-13(16)7-12/h2-3,6,11-13,15H,4-5,7-10H2,1H3. The number of piperidine rings is 1. The van der Waals surface area contributed by atoms with Gasteiger partial charge in [0.25, 0.3) is 0 Å². The van der Waals surface area contributed by atoms with Gasteiger partial charge in [-0.2, -0.15) is 0 Å². The minimum absolute atomic E-state index is 0.653. The fourth-order valence-electron chi connectivity index (χ4n) is 3.44. The number of furan rings is 1. The lowest BCUT2D eigenvalue weighted by Crippen LogP contribution is -2.44. The fraction of sp³-hybridized carbons (Fsp3) is 0.714. The molecule has 3 atom stereocenters. The second kappa shape index (κ2) is 4.83. The molecule has 2 bridgehead atoms. The van der Waals surface area contributed by atoms with E-state index in [1.807, 2.05) is 12.1 Å². The van der Waals surface area contributed by atoms with Gasteiger partial charge in [0.05, 0.1) is 12.8 Å². The van der Waals surface area contributed by atoms with Crippen LogP contribution in [0.1, 0.15) is 31.9 Å². The van der Waals surface area contributed by atoms with E-state index in [1.165, 1.54) is 25.8 Å². The van der Waals surface area contributed by atoms with Crippen LogP contribution in [0.2, 0.25) is 0 Å². The highest BCUT2D eigenvalue weighted by atomic mass is 16.3. The monoisotopic (exact) mass is 234 g/mol. The first-order valence-electron chi connectivity index (χ1n) is 6.82. The number of fused-ring (bicyclic) bond motifs is 2. The van der Waals surface area contributed by atoms with Gasteiger partial charge in [-0.05, 0) is 44.2 Å². The molecule has 1 N–H and O–H groups in total. The van der Waals surface area contributed by atoms with E-state index in [4.69, 9.17) is 4.42 Å². The molecule has 3 heteroatoms. The average molecular weight is 234 g/mol. The van der Waals surface area contributed by atoms with E-state index < -0.39 is 0 Å². The lowest BCUT2D eigenvalue weighted by molar-refractivity contribution is 0.156. The molecule has 3 unspecified atom stereocenters. The normalized spacial score (nSPS) is 29.9. The van der Waals surface area contributed by atoms with Crippen LogP contribution in [0, 0.1) is 5.92 Å². The molecule has 2 heterocycles. The summed E-state index contributed by atoms with van der Waals surface area (Å²) in [4.78, 5) is 2.70. The zero-order chi connectivity index (χ0) is 11.7. The summed E-state index contributed by atoms with van der Waals surface area (Å²) in [5.41, 5.74) is 0. The summed E-state index contributed by atoms with van der Waals surface area (Å²) in [5, 5.41) is 3.49. The van der Waals surface area contributed by atoms with Gasteiger partial charge in [0.15, 0.2) is 0 Å². The van der Waals surface area contributed by atoms with Crippen LogP contribution in [-0.4, -0.2) is 30.1 Å². The molecule has 1 aliphatic heterocycles. The predicted octanol–water partition coefficient (Wildman–Crippen LogP) is 2.24. The SMILES string of the molecule is CC(CNCc1ccco1)N1CC2CCC1C2. The lowest BCUT2D eigenvalue weighted by Gasteiger charge is -2.32. The predicted molar refractivity (Wildman–Crippen MR) is 67.7 cm³/mol. The molecule has 17 heavy (non-hydrogen) atoms. The Morgan fingerprint density at radius 3 is 3.12 bits per heavy atom. The molecule has 0 aromatic carbocycles. The molecule has 2 aliphatic rings. The van der Waals surface area contributed by atoms with Crippen LogP contribution in [-0.2, 0) is 6.54 Å².